The summed E-state index contributed by atoms with van der Waals surface area (Å²) in [4.78, 5) is 0. The molecule has 238 valence electrons. The third-order valence-electron chi connectivity index (χ3n) is 7.82. The van der Waals surface area contributed by atoms with Crippen molar-refractivity contribution in [3.63, 3.8) is 0 Å². The van der Waals surface area contributed by atoms with Crippen molar-refractivity contribution in [1.29, 1.82) is 0 Å². The topological polar surface area (TPSA) is 75.6 Å². The van der Waals surface area contributed by atoms with Gasteiger partial charge in [0.05, 0.1) is 39.6 Å². The first-order chi connectivity index (χ1) is 22.1. The molecule has 0 aromatic heterocycles. The van der Waals surface area contributed by atoms with Crippen LogP contribution in [0.15, 0.2) is 121 Å². The van der Waals surface area contributed by atoms with E-state index in [0.29, 0.717) is 32.8 Å². The molecule has 45 heavy (non-hydrogen) atoms. The molecule has 0 bridgehead atoms. The Labute approximate surface area is 268 Å². The first-order valence-corrected chi connectivity index (χ1v) is 15.9. The van der Waals surface area contributed by atoms with Gasteiger partial charge in [0, 0.05) is 15.9 Å². The first-order valence-electron chi connectivity index (χ1n) is 15.4. The van der Waals surface area contributed by atoms with Crippen LogP contribution in [0.4, 0.5) is 0 Å². The van der Waals surface area contributed by atoms with Gasteiger partial charge < -0.3 is 33.3 Å². The van der Waals surface area contributed by atoms with Crippen LogP contribution >= 0.6 is 9.47 Å². The maximum atomic E-state index is 12.3. The van der Waals surface area contributed by atoms with Crippen LogP contribution in [0, 0.1) is 0 Å². The highest BCUT2D eigenvalue weighted by Crippen LogP contribution is 2.38. The summed E-state index contributed by atoms with van der Waals surface area (Å²) in [5.41, 5.74) is 4.04. The van der Waals surface area contributed by atoms with Crippen LogP contribution in [0.3, 0.4) is 0 Å². The highest BCUT2D eigenvalue weighted by Gasteiger charge is 2.56. The normalized spacial score (nSPS) is 23.2. The predicted molar refractivity (Wildman–Crippen MR) is 176 cm³/mol. The molecule has 1 saturated heterocycles. The van der Waals surface area contributed by atoms with E-state index in [0.717, 1.165) is 22.3 Å². The Balaban J connectivity index is 1.45. The maximum absolute atomic E-state index is 12.3. The molecule has 1 heterocycles. The standard InChI is InChI=1S/C37H43O7P/c38-37(22-13-23-43-45)36(42-27-32-20-11-4-12-21-32)35(41-26-31-18-9-3-10-19-31)34(40-25-30-16-7-2-8-17-30)33(44-37)28-39-24-29-14-5-1-6-15-29/h1-12,14-21,33-36,38H,13,22-28,45H2/t33-,34-,35+,36-,37?/m1/s1. The van der Waals surface area contributed by atoms with E-state index in [9.17, 15) is 5.11 Å². The molecule has 4 aromatic carbocycles. The van der Waals surface area contributed by atoms with Crippen LogP contribution in [-0.2, 0) is 54.6 Å². The Morgan fingerprint density at radius 1 is 0.600 bits per heavy atom. The molecule has 0 spiro atoms. The summed E-state index contributed by atoms with van der Waals surface area (Å²) in [6.07, 6.45) is -1.98. The molecule has 1 aliphatic heterocycles. The molecule has 0 amide bonds. The summed E-state index contributed by atoms with van der Waals surface area (Å²) in [7, 11) is 2.26. The van der Waals surface area contributed by atoms with Crippen molar-refractivity contribution in [3.8, 4) is 0 Å². The van der Waals surface area contributed by atoms with Gasteiger partial charge in [-0.1, -0.05) is 121 Å². The lowest BCUT2D eigenvalue weighted by Gasteiger charge is -2.50. The Hall–Kier alpha value is -2.97. The molecular weight excluding hydrogens is 587 g/mol. The highest BCUT2D eigenvalue weighted by atomic mass is 31.0. The fourth-order valence-corrected chi connectivity index (χ4v) is 5.71. The van der Waals surface area contributed by atoms with E-state index in [1.165, 1.54) is 0 Å². The van der Waals surface area contributed by atoms with Crippen LogP contribution in [0.2, 0.25) is 0 Å². The lowest BCUT2D eigenvalue weighted by molar-refractivity contribution is -0.372. The molecule has 5 rings (SSSR count). The zero-order valence-electron chi connectivity index (χ0n) is 25.5. The lowest BCUT2D eigenvalue weighted by atomic mass is 9.89. The predicted octanol–water partition coefficient (Wildman–Crippen LogP) is 6.63. The van der Waals surface area contributed by atoms with Crippen molar-refractivity contribution in [2.75, 3.05) is 13.2 Å². The monoisotopic (exact) mass is 630 g/mol. The van der Waals surface area contributed by atoms with Gasteiger partial charge in [0.1, 0.15) is 24.4 Å². The zero-order valence-corrected chi connectivity index (χ0v) is 26.6. The van der Waals surface area contributed by atoms with Crippen LogP contribution in [0.5, 0.6) is 0 Å². The van der Waals surface area contributed by atoms with E-state index in [1.807, 2.05) is 121 Å². The van der Waals surface area contributed by atoms with Crippen LogP contribution in [0.1, 0.15) is 35.1 Å². The van der Waals surface area contributed by atoms with E-state index in [4.69, 9.17) is 28.2 Å². The van der Waals surface area contributed by atoms with Gasteiger partial charge in [0.2, 0.25) is 0 Å². The van der Waals surface area contributed by atoms with E-state index < -0.39 is 30.2 Å². The van der Waals surface area contributed by atoms with Crippen molar-refractivity contribution in [2.24, 2.45) is 0 Å². The lowest BCUT2D eigenvalue weighted by Crippen LogP contribution is -2.67. The Kier molecular flexibility index (Phi) is 13.1. The second-order valence-corrected chi connectivity index (χ2v) is 11.5. The smallest absolute Gasteiger partial charge is 0.195 e. The molecule has 7 nitrogen and oxygen atoms in total. The Morgan fingerprint density at radius 3 is 1.53 bits per heavy atom. The van der Waals surface area contributed by atoms with Crippen molar-refractivity contribution < 1.29 is 33.3 Å². The van der Waals surface area contributed by atoms with Crippen LogP contribution < -0.4 is 0 Å². The quantitative estimate of drug-likeness (QED) is 0.104. The molecule has 1 aliphatic rings. The zero-order chi connectivity index (χ0) is 31.2. The minimum Gasteiger partial charge on any atom is -0.374 e. The molecule has 1 N–H and O–H groups in total. The summed E-state index contributed by atoms with van der Waals surface area (Å²) < 4.78 is 37.9. The van der Waals surface area contributed by atoms with Crippen molar-refractivity contribution in [1.82, 2.24) is 0 Å². The van der Waals surface area contributed by atoms with Gasteiger partial charge in [0.25, 0.3) is 0 Å². The van der Waals surface area contributed by atoms with Gasteiger partial charge in [-0.05, 0) is 28.7 Å². The SMILES string of the molecule is OC1(CCCOP)O[C@H](COCc2ccccc2)[C@@H](OCc2ccccc2)[C@H](OCc2ccccc2)[C@H]1OCc1ccccc1. The average Bonchev–Trinajstić information content (AvgIpc) is 3.08. The van der Waals surface area contributed by atoms with Crippen molar-refractivity contribution in [3.05, 3.63) is 144 Å². The van der Waals surface area contributed by atoms with E-state index in [2.05, 4.69) is 9.47 Å². The third kappa shape index (κ3) is 10.0. The molecule has 8 heteroatoms. The highest BCUT2D eigenvalue weighted by molar-refractivity contribution is 7.09. The number of aliphatic hydroxyl groups is 1. The summed E-state index contributed by atoms with van der Waals surface area (Å²) in [6.45, 7) is 1.93. The van der Waals surface area contributed by atoms with Gasteiger partial charge in [-0.15, -0.1) is 0 Å². The molecule has 2 unspecified atom stereocenters. The summed E-state index contributed by atoms with van der Waals surface area (Å²) >= 11 is 0. The molecular formula is C37H43O7P. The van der Waals surface area contributed by atoms with Crippen molar-refractivity contribution >= 4 is 9.47 Å². The van der Waals surface area contributed by atoms with Crippen molar-refractivity contribution in [2.45, 2.75) is 69.5 Å². The molecule has 0 saturated carbocycles. The number of hydrogen-bond donors (Lipinski definition) is 1. The summed E-state index contributed by atoms with van der Waals surface area (Å²) in [5, 5.41) is 12.3. The second-order valence-electron chi connectivity index (χ2n) is 11.2. The number of hydrogen-bond acceptors (Lipinski definition) is 7. The number of rotatable bonds is 17. The third-order valence-corrected chi connectivity index (χ3v) is 8.06. The minimum atomic E-state index is -1.69. The molecule has 0 aliphatic carbocycles. The minimum absolute atomic E-state index is 0.188. The maximum Gasteiger partial charge on any atom is 0.195 e. The number of ether oxygens (including phenoxy) is 5. The molecule has 1 fully saturated rings. The second kappa shape index (κ2) is 17.7. The van der Waals surface area contributed by atoms with Gasteiger partial charge in [0.15, 0.2) is 5.79 Å². The average molecular weight is 631 g/mol. The fraction of sp³-hybridized carbons (Fsp3) is 0.351. The van der Waals surface area contributed by atoms with E-state index >= 15 is 0 Å². The number of benzene rings is 4. The largest absolute Gasteiger partial charge is 0.374 e. The summed E-state index contributed by atoms with van der Waals surface area (Å²) in [5.74, 6) is -1.69. The summed E-state index contributed by atoms with van der Waals surface area (Å²) in [6, 6.07) is 39.8. The Bertz CT molecular complexity index is 1360. The fourth-order valence-electron chi connectivity index (χ4n) is 5.55. The van der Waals surface area contributed by atoms with Crippen LogP contribution in [-0.4, -0.2) is 48.5 Å². The molecule has 6 atom stereocenters. The Morgan fingerprint density at radius 2 is 1.04 bits per heavy atom. The first kappa shape index (κ1) is 33.4. The van der Waals surface area contributed by atoms with Crippen LogP contribution in [0.25, 0.3) is 0 Å². The van der Waals surface area contributed by atoms with E-state index in [-0.39, 0.29) is 19.6 Å². The van der Waals surface area contributed by atoms with Gasteiger partial charge in [-0.2, -0.15) is 0 Å². The van der Waals surface area contributed by atoms with Gasteiger partial charge in [-0.3, -0.25) is 0 Å². The van der Waals surface area contributed by atoms with Gasteiger partial charge in [-0.25, -0.2) is 0 Å². The molecule has 0 radical (unpaired) electrons. The van der Waals surface area contributed by atoms with E-state index in [1.54, 1.807) is 0 Å². The molecule has 4 aromatic rings. The van der Waals surface area contributed by atoms with Gasteiger partial charge >= 0.3 is 0 Å².